The van der Waals surface area contributed by atoms with Gasteiger partial charge in [-0.1, -0.05) is 36.4 Å². The predicted octanol–water partition coefficient (Wildman–Crippen LogP) is 2.73. The van der Waals surface area contributed by atoms with Gasteiger partial charge in [-0.25, -0.2) is 0 Å². The van der Waals surface area contributed by atoms with Gasteiger partial charge in [0, 0.05) is 11.4 Å². The third-order valence-corrected chi connectivity index (χ3v) is 4.15. The van der Waals surface area contributed by atoms with E-state index in [9.17, 15) is 4.79 Å². The van der Waals surface area contributed by atoms with E-state index < -0.39 is 6.04 Å². The van der Waals surface area contributed by atoms with Gasteiger partial charge in [0.25, 0.3) is 0 Å². The maximum Gasteiger partial charge on any atom is 0.239 e. The number of methoxy groups -OCH3 is 1. The second kappa shape index (κ2) is 7.87. The van der Waals surface area contributed by atoms with Gasteiger partial charge in [-0.15, -0.1) is 11.8 Å². The van der Waals surface area contributed by atoms with E-state index in [4.69, 9.17) is 10.5 Å². The van der Waals surface area contributed by atoms with Crippen LogP contribution in [0, 0.1) is 0 Å². The zero-order chi connectivity index (χ0) is 15.9. The molecule has 2 aromatic rings. The van der Waals surface area contributed by atoms with Gasteiger partial charge in [0.15, 0.2) is 0 Å². The van der Waals surface area contributed by atoms with Crippen molar-refractivity contribution in [2.24, 2.45) is 5.73 Å². The minimum atomic E-state index is -0.507. The number of carbonyl (C=O) groups is 1. The van der Waals surface area contributed by atoms with Crippen LogP contribution in [0.1, 0.15) is 17.2 Å². The van der Waals surface area contributed by atoms with Gasteiger partial charge in [-0.2, -0.15) is 0 Å². The summed E-state index contributed by atoms with van der Waals surface area (Å²) in [5, 5.41) is 3.20. The number of thioether (sulfide) groups is 1. The number of carbonyl (C=O) groups excluding carboxylic acids is 1. The van der Waals surface area contributed by atoms with E-state index in [1.54, 1.807) is 18.9 Å². The van der Waals surface area contributed by atoms with Crippen LogP contribution in [0.3, 0.4) is 0 Å². The van der Waals surface area contributed by atoms with E-state index in [0.717, 1.165) is 21.8 Å². The van der Waals surface area contributed by atoms with Crippen LogP contribution in [-0.2, 0) is 11.3 Å². The molecule has 2 rings (SSSR count). The van der Waals surface area contributed by atoms with Crippen molar-refractivity contribution in [1.82, 2.24) is 5.32 Å². The summed E-state index contributed by atoms with van der Waals surface area (Å²) in [7, 11) is 1.66. The third-order valence-electron chi connectivity index (χ3n) is 3.38. The third kappa shape index (κ3) is 4.02. The van der Waals surface area contributed by atoms with Crippen molar-refractivity contribution in [2.45, 2.75) is 17.5 Å². The molecule has 22 heavy (non-hydrogen) atoms. The summed E-state index contributed by atoms with van der Waals surface area (Å²) in [4.78, 5) is 12.8. The Balaban J connectivity index is 2.12. The Kier molecular flexibility index (Phi) is 5.86. The molecule has 0 bridgehead atoms. The van der Waals surface area contributed by atoms with Crippen molar-refractivity contribution in [3.63, 3.8) is 0 Å². The number of nitrogens with two attached hydrogens (primary N) is 1. The standard InChI is InChI=1S/C17H20N2O2S/c1-21-14-10-12(8-9-15(14)22-2)11-19-16(17(18)20)13-6-4-3-5-7-13/h3-10,16,19H,11H2,1-2H3,(H2,18,20). The summed E-state index contributed by atoms with van der Waals surface area (Å²) >= 11 is 1.64. The van der Waals surface area contributed by atoms with Crippen molar-refractivity contribution in [2.75, 3.05) is 13.4 Å². The normalized spacial score (nSPS) is 11.9. The number of amides is 1. The van der Waals surface area contributed by atoms with Gasteiger partial charge in [0.2, 0.25) is 5.91 Å². The quantitative estimate of drug-likeness (QED) is 0.771. The second-order valence-electron chi connectivity index (χ2n) is 4.82. The molecule has 0 spiro atoms. The number of benzene rings is 2. The fourth-order valence-electron chi connectivity index (χ4n) is 2.24. The summed E-state index contributed by atoms with van der Waals surface area (Å²) in [6.45, 7) is 0.535. The molecular formula is C17H20N2O2S. The van der Waals surface area contributed by atoms with Gasteiger partial charge in [0.1, 0.15) is 11.8 Å². The molecule has 3 N–H and O–H groups in total. The highest BCUT2D eigenvalue weighted by Crippen LogP contribution is 2.28. The fourth-order valence-corrected chi connectivity index (χ4v) is 2.79. The minimum Gasteiger partial charge on any atom is -0.496 e. The number of ether oxygens (including phenoxy) is 1. The molecule has 0 radical (unpaired) electrons. The van der Waals surface area contributed by atoms with Gasteiger partial charge < -0.3 is 10.5 Å². The zero-order valence-electron chi connectivity index (χ0n) is 12.7. The maximum atomic E-state index is 11.7. The Hall–Kier alpha value is -1.98. The van der Waals surface area contributed by atoms with Crippen LogP contribution >= 0.6 is 11.8 Å². The van der Waals surface area contributed by atoms with E-state index in [1.165, 1.54) is 0 Å². The zero-order valence-corrected chi connectivity index (χ0v) is 13.5. The van der Waals surface area contributed by atoms with Crippen LogP contribution in [0.25, 0.3) is 0 Å². The molecule has 1 atom stereocenters. The summed E-state index contributed by atoms with van der Waals surface area (Å²) in [5.74, 6) is 0.445. The van der Waals surface area contributed by atoms with Crippen molar-refractivity contribution in [3.8, 4) is 5.75 Å². The first-order valence-corrected chi connectivity index (χ1v) is 8.16. The first-order valence-electron chi connectivity index (χ1n) is 6.94. The van der Waals surface area contributed by atoms with Gasteiger partial charge in [0.05, 0.1) is 7.11 Å². The molecule has 1 amide bonds. The molecule has 5 heteroatoms. The van der Waals surface area contributed by atoms with E-state index in [2.05, 4.69) is 5.32 Å². The number of hydrogen-bond donors (Lipinski definition) is 2. The van der Waals surface area contributed by atoms with Gasteiger partial charge in [-0.3, -0.25) is 10.1 Å². The van der Waals surface area contributed by atoms with Gasteiger partial charge >= 0.3 is 0 Å². The van der Waals surface area contributed by atoms with Gasteiger partial charge in [-0.05, 0) is 29.5 Å². The molecule has 0 fully saturated rings. The Morgan fingerprint density at radius 2 is 2.00 bits per heavy atom. The molecule has 0 aliphatic heterocycles. The number of nitrogens with one attached hydrogen (secondary N) is 1. The second-order valence-corrected chi connectivity index (χ2v) is 5.66. The van der Waals surface area contributed by atoms with E-state index >= 15 is 0 Å². The van der Waals surface area contributed by atoms with Crippen LogP contribution in [0.4, 0.5) is 0 Å². The molecule has 116 valence electrons. The first kappa shape index (κ1) is 16.4. The van der Waals surface area contributed by atoms with Crippen LogP contribution in [0.2, 0.25) is 0 Å². The summed E-state index contributed by atoms with van der Waals surface area (Å²) in [6.07, 6.45) is 2.01. The Bertz CT molecular complexity index is 632. The van der Waals surface area contributed by atoms with Crippen LogP contribution < -0.4 is 15.8 Å². The van der Waals surface area contributed by atoms with Crippen LogP contribution in [0.15, 0.2) is 53.4 Å². The monoisotopic (exact) mass is 316 g/mol. The SMILES string of the molecule is COc1cc(CNC(C(N)=O)c2ccccc2)ccc1SC. The first-order chi connectivity index (χ1) is 10.7. The molecule has 0 aromatic heterocycles. The highest BCUT2D eigenvalue weighted by atomic mass is 32.2. The van der Waals surface area contributed by atoms with E-state index in [1.807, 2.05) is 54.8 Å². The number of primary amides is 1. The Morgan fingerprint density at radius 3 is 2.59 bits per heavy atom. The molecule has 0 heterocycles. The predicted molar refractivity (Wildman–Crippen MR) is 90.0 cm³/mol. The Labute approximate surface area is 135 Å². The molecule has 2 aromatic carbocycles. The molecule has 0 saturated heterocycles. The van der Waals surface area contributed by atoms with Crippen LogP contribution in [-0.4, -0.2) is 19.3 Å². The molecular weight excluding hydrogens is 296 g/mol. The lowest BCUT2D eigenvalue weighted by atomic mass is 10.1. The molecule has 0 saturated carbocycles. The van der Waals surface area contributed by atoms with Crippen LogP contribution in [0.5, 0.6) is 5.75 Å². The molecule has 4 nitrogen and oxygen atoms in total. The fraction of sp³-hybridized carbons (Fsp3) is 0.235. The highest BCUT2D eigenvalue weighted by Gasteiger charge is 2.16. The lowest BCUT2D eigenvalue weighted by molar-refractivity contribution is -0.120. The number of hydrogen-bond acceptors (Lipinski definition) is 4. The minimum absolute atomic E-state index is 0.390. The lowest BCUT2D eigenvalue weighted by Crippen LogP contribution is -2.33. The average Bonchev–Trinajstić information content (AvgIpc) is 2.55. The topological polar surface area (TPSA) is 64.3 Å². The largest absolute Gasteiger partial charge is 0.496 e. The lowest BCUT2D eigenvalue weighted by Gasteiger charge is -2.16. The van der Waals surface area contributed by atoms with E-state index in [0.29, 0.717) is 6.54 Å². The maximum absolute atomic E-state index is 11.7. The van der Waals surface area contributed by atoms with E-state index in [-0.39, 0.29) is 5.91 Å². The van der Waals surface area contributed by atoms with Crippen molar-refractivity contribution >= 4 is 17.7 Å². The summed E-state index contributed by atoms with van der Waals surface area (Å²) in [5.41, 5.74) is 7.41. The highest BCUT2D eigenvalue weighted by molar-refractivity contribution is 7.98. The molecule has 1 unspecified atom stereocenters. The summed E-state index contributed by atoms with van der Waals surface area (Å²) < 4.78 is 5.38. The van der Waals surface area contributed by atoms with Crippen molar-refractivity contribution < 1.29 is 9.53 Å². The molecule has 0 aliphatic rings. The average molecular weight is 316 g/mol. The molecule has 0 aliphatic carbocycles. The smallest absolute Gasteiger partial charge is 0.239 e. The Morgan fingerprint density at radius 1 is 1.27 bits per heavy atom. The summed E-state index contributed by atoms with van der Waals surface area (Å²) in [6, 6.07) is 15.0. The van der Waals surface area contributed by atoms with Crippen molar-refractivity contribution in [1.29, 1.82) is 0 Å². The van der Waals surface area contributed by atoms with Crippen molar-refractivity contribution in [3.05, 3.63) is 59.7 Å². The number of rotatable bonds is 7.